The quantitative estimate of drug-likeness (QED) is 0.677. The van der Waals surface area contributed by atoms with Gasteiger partial charge in [-0.25, -0.2) is 4.68 Å². The Bertz CT molecular complexity index is 689. The normalized spacial score (nSPS) is 11.2. The van der Waals surface area contributed by atoms with Gasteiger partial charge in [0.25, 0.3) is 0 Å². The predicted molar refractivity (Wildman–Crippen MR) is 69.6 cm³/mol. The Hall–Kier alpha value is -2.03. The van der Waals surface area contributed by atoms with Crippen molar-refractivity contribution in [1.82, 2.24) is 14.8 Å². The second-order valence-electron chi connectivity index (χ2n) is 4.48. The van der Waals surface area contributed by atoms with Crippen molar-refractivity contribution in [3.05, 3.63) is 47.4 Å². The van der Waals surface area contributed by atoms with Crippen LogP contribution in [0.25, 0.3) is 16.6 Å². The maximum Gasteiger partial charge on any atom is 0.0931 e. The number of nitrogens with zero attached hydrogens (tertiary/aromatic N) is 2. The third kappa shape index (κ3) is 1.46. The van der Waals surface area contributed by atoms with E-state index in [1.165, 1.54) is 5.39 Å². The zero-order valence-corrected chi connectivity index (χ0v) is 10.3. The van der Waals surface area contributed by atoms with E-state index < -0.39 is 0 Å². The minimum atomic E-state index is 1.05. The molecular weight excluding hydrogens is 210 g/mol. The highest BCUT2D eigenvalue weighted by molar-refractivity contribution is 5.89. The third-order valence-corrected chi connectivity index (χ3v) is 3.08. The van der Waals surface area contributed by atoms with Crippen molar-refractivity contribution in [2.75, 3.05) is 0 Å². The van der Waals surface area contributed by atoms with Crippen molar-refractivity contribution in [1.29, 1.82) is 0 Å². The summed E-state index contributed by atoms with van der Waals surface area (Å²) in [4.78, 5) is 3.40. The van der Waals surface area contributed by atoms with Gasteiger partial charge in [-0.05, 0) is 32.9 Å². The van der Waals surface area contributed by atoms with Gasteiger partial charge in [0, 0.05) is 22.3 Å². The molecule has 0 saturated carbocycles. The Balaban J connectivity index is 2.37. The van der Waals surface area contributed by atoms with Crippen LogP contribution in [0.1, 0.15) is 17.1 Å². The van der Waals surface area contributed by atoms with Gasteiger partial charge in [0.15, 0.2) is 0 Å². The lowest BCUT2D eigenvalue weighted by atomic mass is 10.2. The Morgan fingerprint density at radius 3 is 2.59 bits per heavy atom. The molecule has 0 fully saturated rings. The number of para-hydroxylation sites is 1. The fourth-order valence-corrected chi connectivity index (χ4v) is 2.39. The smallest absolute Gasteiger partial charge is 0.0931 e. The fourth-order valence-electron chi connectivity index (χ4n) is 2.39. The van der Waals surface area contributed by atoms with Gasteiger partial charge in [0.05, 0.1) is 11.4 Å². The van der Waals surface area contributed by atoms with E-state index >= 15 is 0 Å². The molecule has 2 heterocycles. The zero-order chi connectivity index (χ0) is 12.0. The molecule has 0 radical (unpaired) electrons. The third-order valence-electron chi connectivity index (χ3n) is 3.08. The maximum atomic E-state index is 4.56. The summed E-state index contributed by atoms with van der Waals surface area (Å²) in [5, 5.41) is 5.78. The van der Waals surface area contributed by atoms with E-state index in [0.717, 1.165) is 28.3 Å². The summed E-state index contributed by atoms with van der Waals surface area (Å²) in [7, 11) is 0. The Morgan fingerprint density at radius 1 is 1.12 bits per heavy atom. The Morgan fingerprint density at radius 2 is 1.88 bits per heavy atom. The Kier molecular flexibility index (Phi) is 2.08. The van der Waals surface area contributed by atoms with Crippen molar-refractivity contribution in [2.45, 2.75) is 20.8 Å². The Labute approximate surface area is 100 Å². The molecule has 0 saturated heterocycles. The molecule has 0 amide bonds. The van der Waals surface area contributed by atoms with Gasteiger partial charge in [-0.3, -0.25) is 0 Å². The summed E-state index contributed by atoms with van der Waals surface area (Å²) < 4.78 is 2.02. The average molecular weight is 225 g/mol. The van der Waals surface area contributed by atoms with Crippen LogP contribution in [0, 0.1) is 20.8 Å². The molecule has 1 aromatic carbocycles. The maximum absolute atomic E-state index is 4.56. The average Bonchev–Trinajstić information content (AvgIpc) is 2.77. The molecule has 0 aliphatic carbocycles. The van der Waals surface area contributed by atoms with Crippen molar-refractivity contribution in [3.63, 3.8) is 0 Å². The van der Waals surface area contributed by atoms with Gasteiger partial charge in [-0.1, -0.05) is 18.2 Å². The standard InChI is InChI=1S/C14H15N3/c1-9-8-10(2)17(16-9)14-11(3)15-13-7-5-4-6-12(13)14/h4-8,15H,1-3H3. The number of nitrogens with one attached hydrogen (secondary N) is 1. The van der Waals surface area contributed by atoms with Crippen molar-refractivity contribution in [2.24, 2.45) is 0 Å². The molecular formula is C14H15N3. The molecule has 0 atom stereocenters. The number of benzene rings is 1. The molecule has 0 spiro atoms. The first-order valence-electron chi connectivity index (χ1n) is 5.78. The number of aromatic amines is 1. The SMILES string of the molecule is Cc1cc(C)n(-c2c(C)[nH]c3ccccc23)n1. The molecule has 3 heteroatoms. The van der Waals surface area contributed by atoms with Crippen LogP contribution in [-0.2, 0) is 0 Å². The molecule has 17 heavy (non-hydrogen) atoms. The molecule has 0 aliphatic rings. The van der Waals surface area contributed by atoms with E-state index in [-0.39, 0.29) is 0 Å². The van der Waals surface area contributed by atoms with E-state index in [0.29, 0.717) is 0 Å². The van der Waals surface area contributed by atoms with Gasteiger partial charge >= 0.3 is 0 Å². The highest BCUT2D eigenvalue weighted by atomic mass is 15.3. The topological polar surface area (TPSA) is 33.6 Å². The van der Waals surface area contributed by atoms with Crippen LogP contribution in [0.3, 0.4) is 0 Å². The van der Waals surface area contributed by atoms with Gasteiger partial charge in [0.2, 0.25) is 0 Å². The number of hydrogen-bond acceptors (Lipinski definition) is 1. The first kappa shape index (κ1) is 10.1. The highest BCUT2D eigenvalue weighted by Crippen LogP contribution is 2.26. The van der Waals surface area contributed by atoms with Crippen molar-refractivity contribution < 1.29 is 0 Å². The molecule has 3 aromatic rings. The van der Waals surface area contributed by atoms with Crippen LogP contribution in [0.15, 0.2) is 30.3 Å². The first-order valence-corrected chi connectivity index (χ1v) is 5.78. The van der Waals surface area contributed by atoms with E-state index in [4.69, 9.17) is 0 Å². The van der Waals surface area contributed by atoms with E-state index in [1.807, 2.05) is 17.7 Å². The van der Waals surface area contributed by atoms with Crippen LogP contribution in [0.4, 0.5) is 0 Å². The fraction of sp³-hybridized carbons (Fsp3) is 0.214. The lowest BCUT2D eigenvalue weighted by molar-refractivity contribution is 0.832. The molecule has 0 aliphatic heterocycles. The van der Waals surface area contributed by atoms with Crippen molar-refractivity contribution >= 4 is 10.9 Å². The van der Waals surface area contributed by atoms with E-state index in [9.17, 15) is 0 Å². The van der Waals surface area contributed by atoms with E-state index in [1.54, 1.807) is 0 Å². The van der Waals surface area contributed by atoms with Gasteiger partial charge < -0.3 is 4.98 Å². The largest absolute Gasteiger partial charge is 0.357 e. The molecule has 0 bridgehead atoms. The number of aryl methyl sites for hydroxylation is 3. The molecule has 0 unspecified atom stereocenters. The summed E-state index contributed by atoms with van der Waals surface area (Å²) in [6, 6.07) is 10.4. The summed E-state index contributed by atoms with van der Waals surface area (Å²) in [6.45, 7) is 6.20. The first-order chi connectivity index (χ1) is 8.16. The lowest BCUT2D eigenvalue weighted by Crippen LogP contribution is -1.99. The van der Waals surface area contributed by atoms with E-state index in [2.05, 4.69) is 48.2 Å². The number of H-pyrrole nitrogens is 1. The van der Waals surface area contributed by atoms with Crippen LogP contribution in [-0.4, -0.2) is 14.8 Å². The minimum absolute atomic E-state index is 1.05. The molecule has 3 rings (SSSR count). The summed E-state index contributed by atoms with van der Waals surface area (Å²) in [6.07, 6.45) is 0. The second-order valence-corrected chi connectivity index (χ2v) is 4.48. The summed E-state index contributed by atoms with van der Waals surface area (Å²) >= 11 is 0. The number of hydrogen-bond donors (Lipinski definition) is 1. The minimum Gasteiger partial charge on any atom is -0.357 e. The summed E-state index contributed by atoms with van der Waals surface area (Å²) in [5.74, 6) is 0. The highest BCUT2D eigenvalue weighted by Gasteiger charge is 2.12. The van der Waals surface area contributed by atoms with Crippen molar-refractivity contribution in [3.8, 4) is 5.69 Å². The second kappa shape index (κ2) is 3.48. The lowest BCUT2D eigenvalue weighted by Gasteiger charge is -2.04. The van der Waals surface area contributed by atoms with Crippen LogP contribution in [0.2, 0.25) is 0 Å². The summed E-state index contributed by atoms with van der Waals surface area (Å²) in [5.41, 5.74) is 5.68. The number of rotatable bonds is 1. The molecule has 2 aromatic heterocycles. The van der Waals surface area contributed by atoms with Crippen LogP contribution in [0.5, 0.6) is 0 Å². The van der Waals surface area contributed by atoms with Gasteiger partial charge in [-0.15, -0.1) is 0 Å². The molecule has 86 valence electrons. The molecule has 3 nitrogen and oxygen atoms in total. The van der Waals surface area contributed by atoms with Gasteiger partial charge in [0.1, 0.15) is 0 Å². The van der Waals surface area contributed by atoms with Gasteiger partial charge in [-0.2, -0.15) is 5.10 Å². The number of fused-ring (bicyclic) bond motifs is 1. The number of aromatic nitrogens is 3. The van der Waals surface area contributed by atoms with Crippen LogP contribution >= 0.6 is 0 Å². The molecule has 1 N–H and O–H groups in total. The zero-order valence-electron chi connectivity index (χ0n) is 10.3. The predicted octanol–water partition coefficient (Wildman–Crippen LogP) is 3.28. The monoisotopic (exact) mass is 225 g/mol. The van der Waals surface area contributed by atoms with Crippen LogP contribution < -0.4 is 0 Å².